The van der Waals surface area contributed by atoms with Crippen LogP contribution in [0.15, 0.2) is 12.3 Å². The molecule has 1 atom stereocenters. The first-order valence-electron chi connectivity index (χ1n) is 6.73. The zero-order chi connectivity index (χ0) is 13.0. The summed E-state index contributed by atoms with van der Waals surface area (Å²) in [5, 5.41) is 0.665. The summed E-state index contributed by atoms with van der Waals surface area (Å²) in [6.45, 7) is 3.34. The number of rotatable bonds is 4. The maximum atomic E-state index is 6.07. The van der Waals surface area contributed by atoms with Crippen molar-refractivity contribution in [1.82, 2.24) is 4.98 Å². The number of piperidine rings is 1. The zero-order valence-electron chi connectivity index (χ0n) is 10.8. The van der Waals surface area contributed by atoms with E-state index in [1.807, 2.05) is 6.07 Å². The molecular weight excluding hydrogens is 267 g/mol. The van der Waals surface area contributed by atoms with Crippen LogP contribution >= 0.6 is 23.2 Å². The van der Waals surface area contributed by atoms with Crippen LogP contribution in [0.25, 0.3) is 0 Å². The molecule has 1 saturated heterocycles. The summed E-state index contributed by atoms with van der Waals surface area (Å²) in [5.41, 5.74) is 0.976. The molecule has 0 aliphatic carbocycles. The first-order chi connectivity index (χ1) is 8.76. The van der Waals surface area contributed by atoms with Gasteiger partial charge in [-0.25, -0.2) is 4.98 Å². The average molecular weight is 287 g/mol. The van der Waals surface area contributed by atoms with Crippen LogP contribution in [0.4, 0.5) is 5.82 Å². The van der Waals surface area contributed by atoms with E-state index in [4.69, 9.17) is 23.2 Å². The van der Waals surface area contributed by atoms with Crippen LogP contribution in [0.2, 0.25) is 5.02 Å². The Hall–Kier alpha value is -0.470. The van der Waals surface area contributed by atoms with Gasteiger partial charge >= 0.3 is 0 Å². The number of anilines is 1. The lowest BCUT2D eigenvalue weighted by Gasteiger charge is -2.37. The minimum Gasteiger partial charge on any atom is -0.354 e. The maximum absolute atomic E-state index is 6.07. The fraction of sp³-hybridized carbons (Fsp3) is 0.643. The molecule has 1 aromatic rings. The van der Waals surface area contributed by atoms with E-state index in [0.717, 1.165) is 17.9 Å². The summed E-state index contributed by atoms with van der Waals surface area (Å²) in [5.74, 6) is 1.48. The number of nitrogens with zero attached hydrogens (tertiary/aromatic N) is 2. The van der Waals surface area contributed by atoms with Gasteiger partial charge in [-0.05, 0) is 37.3 Å². The van der Waals surface area contributed by atoms with Gasteiger partial charge in [0.05, 0.1) is 5.02 Å². The highest BCUT2D eigenvalue weighted by atomic mass is 35.5. The minimum atomic E-state index is 0.445. The van der Waals surface area contributed by atoms with Crippen molar-refractivity contribution in [3.8, 4) is 0 Å². The third kappa shape index (κ3) is 3.10. The lowest BCUT2D eigenvalue weighted by atomic mass is 9.98. The molecule has 1 unspecified atom stereocenters. The van der Waals surface area contributed by atoms with E-state index in [9.17, 15) is 0 Å². The van der Waals surface area contributed by atoms with Crippen molar-refractivity contribution in [2.45, 2.75) is 50.9 Å². The lowest BCUT2D eigenvalue weighted by Crippen LogP contribution is -2.40. The van der Waals surface area contributed by atoms with Crippen LogP contribution in [-0.2, 0) is 5.88 Å². The summed E-state index contributed by atoms with van der Waals surface area (Å²) in [7, 11) is 0. The van der Waals surface area contributed by atoms with E-state index in [1.54, 1.807) is 6.20 Å². The number of hydrogen-bond donors (Lipinski definition) is 0. The van der Waals surface area contributed by atoms with E-state index in [0.29, 0.717) is 16.9 Å². The SMILES string of the molecule is CCCC1CCCCN1c1cc(CCl)c(Cl)cn1. The molecule has 0 spiro atoms. The van der Waals surface area contributed by atoms with Gasteiger partial charge in [0.2, 0.25) is 0 Å². The molecule has 2 rings (SSSR count). The monoisotopic (exact) mass is 286 g/mol. The minimum absolute atomic E-state index is 0.445. The van der Waals surface area contributed by atoms with Gasteiger partial charge in [-0.1, -0.05) is 24.9 Å². The highest BCUT2D eigenvalue weighted by molar-refractivity contribution is 6.32. The van der Waals surface area contributed by atoms with Gasteiger partial charge in [0.1, 0.15) is 5.82 Å². The Morgan fingerprint density at radius 2 is 2.28 bits per heavy atom. The molecule has 0 radical (unpaired) electrons. The highest BCUT2D eigenvalue weighted by Crippen LogP contribution is 2.28. The van der Waals surface area contributed by atoms with E-state index in [-0.39, 0.29) is 0 Å². The molecule has 18 heavy (non-hydrogen) atoms. The van der Waals surface area contributed by atoms with E-state index < -0.39 is 0 Å². The van der Waals surface area contributed by atoms with Crippen molar-refractivity contribution in [2.75, 3.05) is 11.4 Å². The first-order valence-corrected chi connectivity index (χ1v) is 7.64. The van der Waals surface area contributed by atoms with Crippen LogP contribution < -0.4 is 4.90 Å². The number of aromatic nitrogens is 1. The van der Waals surface area contributed by atoms with Crippen molar-refractivity contribution < 1.29 is 0 Å². The quantitative estimate of drug-likeness (QED) is 0.750. The molecule has 0 N–H and O–H groups in total. The summed E-state index contributed by atoms with van der Waals surface area (Å²) in [6, 6.07) is 2.67. The van der Waals surface area contributed by atoms with Gasteiger partial charge in [0.25, 0.3) is 0 Å². The topological polar surface area (TPSA) is 16.1 Å². The second kappa shape index (κ2) is 6.63. The Balaban J connectivity index is 2.22. The summed E-state index contributed by atoms with van der Waals surface area (Å²) >= 11 is 12.0. The Bertz CT molecular complexity index is 393. The van der Waals surface area contributed by atoms with Crippen molar-refractivity contribution in [3.63, 3.8) is 0 Å². The molecule has 0 aromatic carbocycles. The van der Waals surface area contributed by atoms with E-state index >= 15 is 0 Å². The molecule has 1 aliphatic rings. The molecule has 2 heterocycles. The normalized spacial score (nSPS) is 20.2. The Kier molecular flexibility index (Phi) is 5.13. The fourth-order valence-corrected chi connectivity index (χ4v) is 3.12. The number of hydrogen-bond acceptors (Lipinski definition) is 2. The molecule has 2 nitrogen and oxygen atoms in total. The second-order valence-electron chi connectivity index (χ2n) is 4.90. The molecule has 0 saturated carbocycles. The van der Waals surface area contributed by atoms with Crippen LogP contribution in [0.1, 0.15) is 44.6 Å². The number of halogens is 2. The van der Waals surface area contributed by atoms with E-state index in [1.165, 1.54) is 32.1 Å². The third-order valence-electron chi connectivity index (χ3n) is 3.61. The Morgan fingerprint density at radius 1 is 1.44 bits per heavy atom. The average Bonchev–Trinajstić information content (AvgIpc) is 2.40. The van der Waals surface area contributed by atoms with Crippen molar-refractivity contribution in [3.05, 3.63) is 22.8 Å². The Morgan fingerprint density at radius 3 is 3.00 bits per heavy atom. The predicted octanol–water partition coefficient (Wildman–Crippen LogP) is 4.63. The molecular formula is C14H20Cl2N2. The van der Waals surface area contributed by atoms with Gasteiger partial charge in [0.15, 0.2) is 0 Å². The first kappa shape index (κ1) is 14.0. The third-order valence-corrected chi connectivity index (χ3v) is 4.24. The lowest BCUT2D eigenvalue weighted by molar-refractivity contribution is 0.432. The van der Waals surface area contributed by atoms with Gasteiger partial charge in [-0.2, -0.15) is 0 Å². The van der Waals surface area contributed by atoms with Crippen molar-refractivity contribution in [2.24, 2.45) is 0 Å². The van der Waals surface area contributed by atoms with Gasteiger partial charge < -0.3 is 4.90 Å². The molecule has 0 bridgehead atoms. The van der Waals surface area contributed by atoms with Gasteiger partial charge in [-0.15, -0.1) is 11.6 Å². The summed E-state index contributed by atoms with van der Waals surface area (Å²) in [4.78, 5) is 6.91. The summed E-state index contributed by atoms with van der Waals surface area (Å²) in [6.07, 6.45) is 8.04. The van der Waals surface area contributed by atoms with Crippen LogP contribution in [0, 0.1) is 0 Å². The van der Waals surface area contributed by atoms with E-state index in [2.05, 4.69) is 16.8 Å². The molecule has 1 fully saturated rings. The van der Waals surface area contributed by atoms with Crippen molar-refractivity contribution in [1.29, 1.82) is 0 Å². The van der Waals surface area contributed by atoms with Crippen LogP contribution in [0.5, 0.6) is 0 Å². The molecule has 1 aromatic heterocycles. The maximum Gasteiger partial charge on any atom is 0.129 e. The highest BCUT2D eigenvalue weighted by Gasteiger charge is 2.23. The molecule has 100 valence electrons. The van der Waals surface area contributed by atoms with Gasteiger partial charge in [-0.3, -0.25) is 0 Å². The fourth-order valence-electron chi connectivity index (χ4n) is 2.66. The zero-order valence-corrected chi connectivity index (χ0v) is 12.3. The number of alkyl halides is 1. The second-order valence-corrected chi connectivity index (χ2v) is 5.57. The van der Waals surface area contributed by atoms with Crippen LogP contribution in [-0.4, -0.2) is 17.6 Å². The number of pyridine rings is 1. The van der Waals surface area contributed by atoms with Crippen LogP contribution in [0.3, 0.4) is 0 Å². The van der Waals surface area contributed by atoms with Gasteiger partial charge in [0, 0.05) is 24.7 Å². The smallest absolute Gasteiger partial charge is 0.129 e. The summed E-state index contributed by atoms with van der Waals surface area (Å²) < 4.78 is 0. The predicted molar refractivity (Wildman–Crippen MR) is 78.7 cm³/mol. The molecule has 4 heteroatoms. The molecule has 1 aliphatic heterocycles. The largest absolute Gasteiger partial charge is 0.354 e. The standard InChI is InChI=1S/C14H20Cl2N2/c1-2-5-12-6-3-4-7-18(12)14-8-11(9-15)13(16)10-17-14/h8,10,12H,2-7,9H2,1H3. The molecule has 0 amide bonds. The Labute approximate surface area is 119 Å². The van der Waals surface area contributed by atoms with Crippen molar-refractivity contribution >= 4 is 29.0 Å².